The highest BCUT2D eigenvalue weighted by Gasteiger charge is 2.38. The average Bonchev–Trinajstić information content (AvgIpc) is 3.31. The molecule has 2 amide bonds. The van der Waals surface area contributed by atoms with Gasteiger partial charge in [0.05, 0.1) is 26.4 Å². The molecular weight excluding hydrogens is 464 g/mol. The first kappa shape index (κ1) is 28.1. The monoisotopic (exact) mass is 504 g/mol. The molecule has 2 N–H and O–H groups in total. The summed E-state index contributed by atoms with van der Waals surface area (Å²) in [5.74, 6) is 0.0630. The van der Waals surface area contributed by atoms with Crippen molar-refractivity contribution in [2.24, 2.45) is 5.92 Å². The fourth-order valence-electron chi connectivity index (χ4n) is 4.60. The van der Waals surface area contributed by atoms with Crippen molar-refractivity contribution in [1.82, 2.24) is 10.2 Å². The maximum absolute atomic E-state index is 13.0. The molecule has 1 saturated heterocycles. The largest absolute Gasteiger partial charge is 0.459 e. The number of carbonyl (C=O) groups excluding carboxylic acids is 2. The lowest BCUT2D eigenvalue weighted by Gasteiger charge is -2.37. The highest BCUT2D eigenvalue weighted by atomic mass is 16.7. The van der Waals surface area contributed by atoms with Gasteiger partial charge in [-0.3, -0.25) is 9.59 Å². The average molecular weight is 505 g/mol. The van der Waals surface area contributed by atoms with E-state index in [4.69, 9.17) is 24.1 Å². The van der Waals surface area contributed by atoms with Crippen LogP contribution in [-0.4, -0.2) is 87.4 Å². The van der Waals surface area contributed by atoms with Crippen LogP contribution >= 0.6 is 0 Å². The SMILES string of the molecule is CCO[C@@H]1OC(C(=O)NCCCN2CCCC2=O)=C[C@H](c2ccccc2)[C@H]1CCOCCOCCO. The van der Waals surface area contributed by atoms with Crippen LogP contribution < -0.4 is 5.32 Å². The molecule has 0 aliphatic carbocycles. The molecule has 3 rings (SSSR count). The number of ether oxygens (including phenoxy) is 4. The zero-order valence-corrected chi connectivity index (χ0v) is 21.2. The van der Waals surface area contributed by atoms with Gasteiger partial charge in [0.1, 0.15) is 0 Å². The van der Waals surface area contributed by atoms with Gasteiger partial charge in [-0.15, -0.1) is 0 Å². The van der Waals surface area contributed by atoms with E-state index >= 15 is 0 Å². The van der Waals surface area contributed by atoms with Crippen LogP contribution in [-0.2, 0) is 28.5 Å². The molecule has 0 aromatic heterocycles. The van der Waals surface area contributed by atoms with Crippen LogP contribution in [0.5, 0.6) is 0 Å². The topological polar surface area (TPSA) is 107 Å². The number of nitrogens with zero attached hydrogens (tertiary/aromatic N) is 1. The van der Waals surface area contributed by atoms with Crippen LogP contribution in [0.3, 0.4) is 0 Å². The number of likely N-dealkylation sites (tertiary alicyclic amines) is 1. The molecular formula is C27H40N2O7. The summed E-state index contributed by atoms with van der Waals surface area (Å²) in [6.45, 7) is 5.94. The quantitative estimate of drug-likeness (QED) is 0.333. The van der Waals surface area contributed by atoms with Crippen molar-refractivity contribution in [3.8, 4) is 0 Å². The molecule has 1 fully saturated rings. The number of nitrogens with one attached hydrogen (secondary N) is 1. The van der Waals surface area contributed by atoms with Crippen molar-refractivity contribution in [2.45, 2.75) is 44.8 Å². The van der Waals surface area contributed by atoms with Crippen LogP contribution in [0.15, 0.2) is 42.2 Å². The standard InChI is InChI=1S/C27H40N2O7/c1-2-35-27-22(11-16-33-18-19-34-17-15-30)23(21-8-4-3-5-9-21)20-24(36-27)26(32)28-12-7-14-29-13-6-10-25(29)31/h3-5,8-9,20,22-23,27,30H,2,6-7,10-19H2,1H3,(H,28,32)/t22-,23-,27-/m1/s1. The summed E-state index contributed by atoms with van der Waals surface area (Å²) in [7, 11) is 0. The molecule has 0 bridgehead atoms. The van der Waals surface area contributed by atoms with Crippen LogP contribution in [0.4, 0.5) is 0 Å². The second kappa shape index (κ2) is 15.6. The lowest BCUT2D eigenvalue weighted by Crippen LogP contribution is -2.40. The Hall–Kier alpha value is -2.46. The molecule has 2 aliphatic heterocycles. The molecule has 36 heavy (non-hydrogen) atoms. The second-order valence-corrected chi connectivity index (χ2v) is 8.90. The van der Waals surface area contributed by atoms with Gasteiger partial charge in [-0.05, 0) is 37.8 Å². The normalized spacial score (nSPS) is 21.8. The Kier molecular flexibility index (Phi) is 12.2. The highest BCUT2D eigenvalue weighted by Crippen LogP contribution is 2.38. The van der Waals surface area contributed by atoms with Gasteiger partial charge in [0.2, 0.25) is 12.2 Å². The van der Waals surface area contributed by atoms with E-state index in [-0.39, 0.29) is 36.0 Å². The number of allylic oxidation sites excluding steroid dienone is 1. The number of hydrogen-bond acceptors (Lipinski definition) is 7. The minimum Gasteiger partial charge on any atom is -0.459 e. The number of hydrogen-bond donors (Lipinski definition) is 2. The second-order valence-electron chi connectivity index (χ2n) is 8.90. The van der Waals surface area contributed by atoms with Gasteiger partial charge in [0.15, 0.2) is 5.76 Å². The minimum absolute atomic E-state index is 0.00539. The third-order valence-corrected chi connectivity index (χ3v) is 6.39. The first-order valence-electron chi connectivity index (χ1n) is 13.0. The number of benzene rings is 1. The zero-order chi connectivity index (χ0) is 25.6. The minimum atomic E-state index is -0.581. The fraction of sp³-hybridized carbons (Fsp3) is 0.630. The molecule has 3 atom stereocenters. The molecule has 0 unspecified atom stereocenters. The van der Waals surface area contributed by atoms with E-state index in [9.17, 15) is 9.59 Å². The van der Waals surface area contributed by atoms with Gasteiger partial charge in [-0.1, -0.05) is 30.3 Å². The Morgan fingerprint density at radius 2 is 1.94 bits per heavy atom. The molecule has 9 heteroatoms. The van der Waals surface area contributed by atoms with Gasteiger partial charge in [-0.25, -0.2) is 0 Å². The summed E-state index contributed by atoms with van der Waals surface area (Å²) in [5, 5.41) is 11.7. The first-order valence-corrected chi connectivity index (χ1v) is 13.0. The Morgan fingerprint density at radius 3 is 2.64 bits per heavy atom. The summed E-state index contributed by atoms with van der Waals surface area (Å²) in [6.07, 6.45) is 4.22. The van der Waals surface area contributed by atoms with E-state index in [1.165, 1.54) is 0 Å². The van der Waals surface area contributed by atoms with Crippen LogP contribution in [0.25, 0.3) is 0 Å². The summed E-state index contributed by atoms with van der Waals surface area (Å²) in [4.78, 5) is 26.6. The Morgan fingerprint density at radius 1 is 1.17 bits per heavy atom. The van der Waals surface area contributed by atoms with E-state index in [0.29, 0.717) is 65.4 Å². The molecule has 200 valence electrons. The van der Waals surface area contributed by atoms with Crippen LogP contribution in [0.1, 0.15) is 44.1 Å². The van der Waals surface area contributed by atoms with Gasteiger partial charge >= 0.3 is 0 Å². The highest BCUT2D eigenvalue weighted by molar-refractivity contribution is 5.91. The molecule has 0 radical (unpaired) electrons. The van der Waals surface area contributed by atoms with Crippen LogP contribution in [0, 0.1) is 5.92 Å². The number of aliphatic hydroxyl groups is 1. The van der Waals surface area contributed by atoms with E-state index in [1.54, 1.807) is 0 Å². The maximum atomic E-state index is 13.0. The molecule has 2 aliphatic rings. The van der Waals surface area contributed by atoms with Crippen molar-refractivity contribution < 1.29 is 33.6 Å². The maximum Gasteiger partial charge on any atom is 0.286 e. The van der Waals surface area contributed by atoms with Gasteiger partial charge in [-0.2, -0.15) is 0 Å². The first-order chi connectivity index (χ1) is 17.6. The molecule has 0 saturated carbocycles. The van der Waals surface area contributed by atoms with Crippen molar-refractivity contribution in [3.05, 3.63) is 47.7 Å². The van der Waals surface area contributed by atoms with Crippen molar-refractivity contribution in [1.29, 1.82) is 0 Å². The number of amides is 2. The van der Waals surface area contributed by atoms with Gasteiger partial charge < -0.3 is 34.3 Å². The van der Waals surface area contributed by atoms with Crippen molar-refractivity contribution in [2.75, 3.05) is 59.3 Å². The fourth-order valence-corrected chi connectivity index (χ4v) is 4.60. The lowest BCUT2D eigenvalue weighted by molar-refractivity contribution is -0.168. The van der Waals surface area contributed by atoms with Crippen LogP contribution in [0.2, 0.25) is 0 Å². The number of aliphatic hydroxyl groups excluding tert-OH is 1. The molecule has 1 aromatic carbocycles. The summed E-state index contributed by atoms with van der Waals surface area (Å²) in [5.41, 5.74) is 1.08. The zero-order valence-electron chi connectivity index (χ0n) is 21.2. The van der Waals surface area contributed by atoms with Gasteiger partial charge in [0.25, 0.3) is 5.91 Å². The number of rotatable bonds is 16. The predicted molar refractivity (Wildman–Crippen MR) is 134 cm³/mol. The molecule has 0 spiro atoms. The summed E-state index contributed by atoms with van der Waals surface area (Å²) in [6, 6.07) is 10.0. The third-order valence-electron chi connectivity index (χ3n) is 6.39. The Labute approximate surface area is 213 Å². The Bertz CT molecular complexity index is 833. The lowest BCUT2D eigenvalue weighted by atomic mass is 9.81. The Balaban J connectivity index is 1.61. The van der Waals surface area contributed by atoms with E-state index < -0.39 is 6.29 Å². The van der Waals surface area contributed by atoms with E-state index in [0.717, 1.165) is 18.5 Å². The third kappa shape index (κ3) is 8.58. The number of carbonyl (C=O) groups is 2. The smallest absolute Gasteiger partial charge is 0.286 e. The summed E-state index contributed by atoms with van der Waals surface area (Å²) >= 11 is 0. The van der Waals surface area contributed by atoms with E-state index in [2.05, 4.69) is 17.4 Å². The van der Waals surface area contributed by atoms with Crippen molar-refractivity contribution in [3.63, 3.8) is 0 Å². The van der Waals surface area contributed by atoms with Gasteiger partial charge in [0, 0.05) is 51.1 Å². The molecule has 2 heterocycles. The molecule has 1 aromatic rings. The predicted octanol–water partition coefficient (Wildman–Crippen LogP) is 2.21. The van der Waals surface area contributed by atoms with Crippen molar-refractivity contribution >= 4 is 11.8 Å². The van der Waals surface area contributed by atoms with E-state index in [1.807, 2.05) is 36.1 Å². The summed E-state index contributed by atoms with van der Waals surface area (Å²) < 4.78 is 23.0. The molecule has 9 nitrogen and oxygen atoms in total.